The van der Waals surface area contributed by atoms with Crippen LogP contribution in [0.1, 0.15) is 84.0 Å². The smallest absolute Gasteiger partial charge is 0.304 e. The predicted molar refractivity (Wildman–Crippen MR) is 112 cm³/mol. The molecule has 0 aromatic rings. The number of nitrogens with one attached hydrogen (secondary N) is 1. The molecule has 1 heterocycles. The number of carbonyl (C=O) groups is 2. The van der Waals surface area contributed by atoms with Crippen molar-refractivity contribution in [1.29, 1.82) is 0 Å². The van der Waals surface area contributed by atoms with Crippen molar-refractivity contribution in [2.75, 3.05) is 6.54 Å². The molecule has 1 unspecified atom stereocenters. The van der Waals surface area contributed by atoms with Crippen LogP contribution in [0.2, 0.25) is 0 Å². The SMILES string of the molecule is CC/C=C\C/C=C\C/C=C\CCCCCCCC(=O)OOC(=O)C1CCCN1. The van der Waals surface area contributed by atoms with Gasteiger partial charge in [-0.05, 0) is 57.9 Å². The molecule has 1 N–H and O–H groups in total. The molecule has 0 bridgehead atoms. The molecule has 0 aliphatic carbocycles. The van der Waals surface area contributed by atoms with E-state index in [1.165, 1.54) is 12.8 Å². The zero-order valence-electron chi connectivity index (χ0n) is 17.4. The van der Waals surface area contributed by atoms with Crippen LogP contribution in [0.4, 0.5) is 0 Å². The standard InChI is InChI=1S/C23H37NO4/c1-2-3-4-5-6-7-8-9-10-11-12-13-14-15-16-19-22(25)27-28-23(26)21-18-17-20-24-21/h3-4,6-7,9-10,21,24H,2,5,8,11-20H2,1H3/b4-3-,7-6-,10-9-. The second-order valence-corrected chi connectivity index (χ2v) is 7.11. The van der Waals surface area contributed by atoms with Gasteiger partial charge in [0.1, 0.15) is 6.04 Å². The molecule has 0 saturated carbocycles. The van der Waals surface area contributed by atoms with Crippen molar-refractivity contribution >= 4 is 11.9 Å². The van der Waals surface area contributed by atoms with Crippen molar-refractivity contribution in [3.8, 4) is 0 Å². The Hall–Kier alpha value is -1.88. The van der Waals surface area contributed by atoms with Gasteiger partial charge in [-0.1, -0.05) is 62.6 Å². The van der Waals surface area contributed by atoms with Crippen LogP contribution < -0.4 is 5.32 Å². The van der Waals surface area contributed by atoms with Gasteiger partial charge in [0, 0.05) is 0 Å². The van der Waals surface area contributed by atoms with Gasteiger partial charge >= 0.3 is 11.9 Å². The molecule has 28 heavy (non-hydrogen) atoms. The van der Waals surface area contributed by atoms with Gasteiger partial charge in [-0.2, -0.15) is 0 Å². The zero-order valence-corrected chi connectivity index (χ0v) is 17.4. The van der Waals surface area contributed by atoms with Crippen LogP contribution in [0.25, 0.3) is 0 Å². The first-order valence-electron chi connectivity index (χ1n) is 10.8. The summed E-state index contributed by atoms with van der Waals surface area (Å²) in [6.45, 7) is 2.95. The van der Waals surface area contributed by atoms with Crippen molar-refractivity contribution in [2.24, 2.45) is 0 Å². The quantitative estimate of drug-likeness (QED) is 0.188. The maximum absolute atomic E-state index is 11.6. The van der Waals surface area contributed by atoms with E-state index >= 15 is 0 Å². The van der Waals surface area contributed by atoms with Gasteiger partial charge in [0.2, 0.25) is 0 Å². The van der Waals surface area contributed by atoms with Gasteiger partial charge in [0.05, 0.1) is 6.42 Å². The lowest BCUT2D eigenvalue weighted by molar-refractivity contribution is -0.260. The van der Waals surface area contributed by atoms with E-state index < -0.39 is 11.9 Å². The minimum Gasteiger partial charge on any atom is -0.304 e. The highest BCUT2D eigenvalue weighted by Crippen LogP contribution is 2.10. The molecule has 158 valence electrons. The lowest BCUT2D eigenvalue weighted by Crippen LogP contribution is -2.32. The molecule has 1 rings (SSSR count). The molecule has 1 aliphatic rings. The van der Waals surface area contributed by atoms with Gasteiger partial charge in [-0.25, -0.2) is 19.4 Å². The third-order valence-electron chi connectivity index (χ3n) is 4.59. The summed E-state index contributed by atoms with van der Waals surface area (Å²) in [4.78, 5) is 32.3. The van der Waals surface area contributed by atoms with E-state index in [9.17, 15) is 9.59 Å². The average molecular weight is 392 g/mol. The Morgan fingerprint density at radius 2 is 1.57 bits per heavy atom. The summed E-state index contributed by atoms with van der Waals surface area (Å²) in [7, 11) is 0. The number of allylic oxidation sites excluding steroid dienone is 6. The molecule has 0 radical (unpaired) electrons. The summed E-state index contributed by atoms with van der Waals surface area (Å²) >= 11 is 0. The van der Waals surface area contributed by atoms with E-state index in [2.05, 4.69) is 58.5 Å². The molecule has 5 nitrogen and oxygen atoms in total. The van der Waals surface area contributed by atoms with Crippen molar-refractivity contribution in [2.45, 2.75) is 90.0 Å². The summed E-state index contributed by atoms with van der Waals surface area (Å²) in [6.07, 6.45) is 24.7. The molecule has 1 aliphatic heterocycles. The van der Waals surface area contributed by atoms with Gasteiger partial charge in [-0.15, -0.1) is 0 Å². The molecule has 1 saturated heterocycles. The molecule has 5 heteroatoms. The Bertz CT molecular complexity index is 505. The fraction of sp³-hybridized carbons (Fsp3) is 0.652. The second-order valence-electron chi connectivity index (χ2n) is 7.11. The van der Waals surface area contributed by atoms with Crippen LogP contribution in [0.15, 0.2) is 36.5 Å². The Kier molecular flexibility index (Phi) is 14.9. The van der Waals surface area contributed by atoms with Crippen LogP contribution >= 0.6 is 0 Å². The van der Waals surface area contributed by atoms with Crippen molar-refractivity contribution < 1.29 is 19.4 Å². The summed E-state index contributed by atoms with van der Waals surface area (Å²) < 4.78 is 0. The minimum absolute atomic E-state index is 0.297. The fourth-order valence-electron chi connectivity index (χ4n) is 2.96. The Labute approximate surface area is 170 Å². The molecular formula is C23H37NO4. The third kappa shape index (κ3) is 13.3. The van der Waals surface area contributed by atoms with Gasteiger partial charge < -0.3 is 5.32 Å². The summed E-state index contributed by atoms with van der Waals surface area (Å²) in [5.74, 6) is -0.963. The monoisotopic (exact) mass is 391 g/mol. The molecule has 0 aromatic carbocycles. The highest BCUT2D eigenvalue weighted by Gasteiger charge is 2.25. The van der Waals surface area contributed by atoms with Crippen LogP contribution in [0, 0.1) is 0 Å². The Morgan fingerprint density at radius 3 is 2.29 bits per heavy atom. The molecule has 0 amide bonds. The van der Waals surface area contributed by atoms with Crippen LogP contribution in [-0.2, 0) is 19.4 Å². The Morgan fingerprint density at radius 1 is 0.893 bits per heavy atom. The van der Waals surface area contributed by atoms with Crippen molar-refractivity contribution in [3.05, 3.63) is 36.5 Å². The zero-order chi connectivity index (χ0) is 20.3. The van der Waals surface area contributed by atoms with Gasteiger partial charge in [0.25, 0.3) is 0 Å². The third-order valence-corrected chi connectivity index (χ3v) is 4.59. The van der Waals surface area contributed by atoms with Gasteiger partial charge in [0.15, 0.2) is 0 Å². The highest BCUT2D eigenvalue weighted by atomic mass is 17.2. The van der Waals surface area contributed by atoms with Gasteiger partial charge in [-0.3, -0.25) is 0 Å². The summed E-state index contributed by atoms with van der Waals surface area (Å²) in [6, 6.07) is -0.333. The van der Waals surface area contributed by atoms with Crippen molar-refractivity contribution in [1.82, 2.24) is 5.32 Å². The second kappa shape index (κ2) is 17.2. The number of carbonyl (C=O) groups excluding carboxylic acids is 2. The fourth-order valence-corrected chi connectivity index (χ4v) is 2.96. The highest BCUT2D eigenvalue weighted by molar-refractivity contribution is 5.77. The topological polar surface area (TPSA) is 64.6 Å². The van der Waals surface area contributed by atoms with E-state index in [4.69, 9.17) is 0 Å². The maximum atomic E-state index is 11.6. The normalized spacial score (nSPS) is 17.1. The van der Waals surface area contributed by atoms with E-state index in [1.54, 1.807) is 0 Å². The minimum atomic E-state index is -0.497. The lowest BCUT2D eigenvalue weighted by Gasteiger charge is -2.08. The van der Waals surface area contributed by atoms with E-state index in [-0.39, 0.29) is 6.04 Å². The van der Waals surface area contributed by atoms with E-state index in [0.717, 1.165) is 64.3 Å². The first-order chi connectivity index (χ1) is 13.7. The molecule has 1 atom stereocenters. The summed E-state index contributed by atoms with van der Waals surface area (Å²) in [5.41, 5.74) is 0. The van der Waals surface area contributed by atoms with E-state index in [1.807, 2.05) is 0 Å². The van der Waals surface area contributed by atoms with Crippen molar-refractivity contribution in [3.63, 3.8) is 0 Å². The first-order valence-corrected chi connectivity index (χ1v) is 10.8. The first kappa shape index (κ1) is 24.2. The predicted octanol–water partition coefficient (Wildman–Crippen LogP) is 5.33. The Balaban J connectivity index is 1.86. The molecule has 0 aromatic heterocycles. The lowest BCUT2D eigenvalue weighted by atomic mass is 10.1. The number of rotatable bonds is 14. The molecule has 1 fully saturated rings. The van der Waals surface area contributed by atoms with Crippen LogP contribution in [-0.4, -0.2) is 24.5 Å². The largest absolute Gasteiger partial charge is 0.372 e. The average Bonchev–Trinajstić information content (AvgIpc) is 3.24. The molecular weight excluding hydrogens is 354 g/mol. The van der Waals surface area contributed by atoms with E-state index in [0.29, 0.717) is 6.42 Å². The van der Waals surface area contributed by atoms with Crippen LogP contribution in [0.5, 0.6) is 0 Å². The number of hydrogen-bond donors (Lipinski definition) is 1. The summed E-state index contributed by atoms with van der Waals surface area (Å²) in [5, 5.41) is 3.00. The number of unbranched alkanes of at least 4 members (excludes halogenated alkanes) is 5. The maximum Gasteiger partial charge on any atom is 0.372 e. The van der Waals surface area contributed by atoms with Crippen LogP contribution in [0.3, 0.4) is 0 Å². The number of hydrogen-bond acceptors (Lipinski definition) is 5. The molecule has 0 spiro atoms.